The average molecular weight is 244 g/mol. The summed E-state index contributed by atoms with van der Waals surface area (Å²) < 4.78 is 2.15. The molecule has 0 aliphatic heterocycles. The van der Waals surface area contributed by atoms with Gasteiger partial charge in [-0.2, -0.15) is 0 Å². The van der Waals surface area contributed by atoms with Gasteiger partial charge < -0.3 is 0 Å². The highest BCUT2D eigenvalue weighted by Gasteiger charge is 2.07. The third kappa shape index (κ3) is 1.54. The highest BCUT2D eigenvalue weighted by atomic mass is 15.0. The van der Waals surface area contributed by atoms with Crippen LogP contribution in [0.25, 0.3) is 27.7 Å². The van der Waals surface area contributed by atoms with Gasteiger partial charge >= 0.3 is 0 Å². The van der Waals surface area contributed by atoms with Crippen molar-refractivity contribution in [2.45, 2.75) is 0 Å². The van der Waals surface area contributed by atoms with Gasteiger partial charge in [-0.1, -0.05) is 54.6 Å². The number of benzene rings is 2. The van der Waals surface area contributed by atoms with Crippen molar-refractivity contribution >= 4 is 16.4 Å². The number of hydrogen-bond donors (Lipinski definition) is 0. The lowest BCUT2D eigenvalue weighted by molar-refractivity contribution is 1.21. The first-order chi connectivity index (χ1) is 9.43. The van der Waals surface area contributed by atoms with E-state index in [1.807, 2.05) is 18.5 Å². The molecule has 2 heterocycles. The number of fused-ring (bicyclic) bond motifs is 3. The summed E-state index contributed by atoms with van der Waals surface area (Å²) in [6.45, 7) is 0. The van der Waals surface area contributed by atoms with Gasteiger partial charge in [-0.15, -0.1) is 0 Å². The summed E-state index contributed by atoms with van der Waals surface area (Å²) in [6.07, 6.45) is 3.87. The van der Waals surface area contributed by atoms with Crippen molar-refractivity contribution in [1.82, 2.24) is 9.38 Å². The Bertz CT molecular complexity index is 860. The van der Waals surface area contributed by atoms with Gasteiger partial charge in [0.05, 0.1) is 5.69 Å². The van der Waals surface area contributed by atoms with Gasteiger partial charge in [0, 0.05) is 17.8 Å². The van der Waals surface area contributed by atoms with Crippen molar-refractivity contribution in [2.75, 3.05) is 0 Å². The molecular weight excluding hydrogens is 232 g/mol. The number of imidazole rings is 1. The van der Waals surface area contributed by atoms with Crippen LogP contribution in [0.1, 0.15) is 0 Å². The van der Waals surface area contributed by atoms with Gasteiger partial charge in [0.1, 0.15) is 5.65 Å². The van der Waals surface area contributed by atoms with Crippen LogP contribution in [0, 0.1) is 0 Å². The average Bonchev–Trinajstić information content (AvgIpc) is 2.97. The lowest BCUT2D eigenvalue weighted by atomic mass is 10.1. The Morgan fingerprint density at radius 3 is 2.53 bits per heavy atom. The molecule has 4 aromatic rings. The van der Waals surface area contributed by atoms with Crippen LogP contribution in [0.2, 0.25) is 0 Å². The van der Waals surface area contributed by atoms with Crippen molar-refractivity contribution in [2.24, 2.45) is 0 Å². The van der Waals surface area contributed by atoms with Gasteiger partial charge in [0.25, 0.3) is 0 Å². The largest absolute Gasteiger partial charge is 0.299 e. The molecule has 90 valence electrons. The van der Waals surface area contributed by atoms with Crippen molar-refractivity contribution in [3.05, 3.63) is 73.1 Å². The Kier molecular flexibility index (Phi) is 2.15. The molecule has 0 bridgehead atoms. The molecule has 0 saturated heterocycles. The minimum absolute atomic E-state index is 1.01. The van der Waals surface area contributed by atoms with Crippen LogP contribution < -0.4 is 0 Å². The second kappa shape index (κ2) is 3.95. The maximum absolute atomic E-state index is 4.50. The minimum atomic E-state index is 1.01. The zero-order chi connectivity index (χ0) is 12.7. The molecule has 19 heavy (non-hydrogen) atoms. The molecule has 0 atom stereocenters. The van der Waals surface area contributed by atoms with E-state index in [9.17, 15) is 0 Å². The van der Waals surface area contributed by atoms with Gasteiger partial charge in [0.15, 0.2) is 0 Å². The summed E-state index contributed by atoms with van der Waals surface area (Å²) in [5, 5.41) is 2.41. The van der Waals surface area contributed by atoms with Gasteiger partial charge in [-0.25, -0.2) is 4.98 Å². The topological polar surface area (TPSA) is 17.3 Å². The molecule has 0 amide bonds. The van der Waals surface area contributed by atoms with E-state index in [-0.39, 0.29) is 0 Å². The zero-order valence-electron chi connectivity index (χ0n) is 10.3. The van der Waals surface area contributed by atoms with E-state index in [4.69, 9.17) is 0 Å². The van der Waals surface area contributed by atoms with Crippen molar-refractivity contribution < 1.29 is 0 Å². The van der Waals surface area contributed by atoms with Crippen molar-refractivity contribution in [3.63, 3.8) is 0 Å². The molecule has 0 N–H and O–H groups in total. The molecule has 0 spiro atoms. The van der Waals surface area contributed by atoms with Crippen LogP contribution >= 0.6 is 0 Å². The predicted molar refractivity (Wildman–Crippen MR) is 78.1 cm³/mol. The Morgan fingerprint density at radius 2 is 1.63 bits per heavy atom. The van der Waals surface area contributed by atoms with E-state index in [1.54, 1.807) is 0 Å². The second-order valence-corrected chi connectivity index (χ2v) is 4.60. The predicted octanol–water partition coefficient (Wildman–Crippen LogP) is 4.15. The zero-order valence-corrected chi connectivity index (χ0v) is 10.3. The summed E-state index contributed by atoms with van der Waals surface area (Å²) in [7, 11) is 0. The van der Waals surface area contributed by atoms with Crippen molar-refractivity contribution in [3.8, 4) is 11.3 Å². The van der Waals surface area contributed by atoms with E-state index in [0.29, 0.717) is 0 Å². The maximum atomic E-state index is 4.50. The van der Waals surface area contributed by atoms with Gasteiger partial charge in [-0.3, -0.25) is 4.40 Å². The smallest absolute Gasteiger partial charge is 0.145 e. The van der Waals surface area contributed by atoms with Crippen LogP contribution in [0.15, 0.2) is 73.1 Å². The molecule has 2 aromatic heterocycles. The molecule has 0 saturated carbocycles. The molecular formula is C17H12N2. The van der Waals surface area contributed by atoms with E-state index in [2.05, 4.69) is 64.0 Å². The van der Waals surface area contributed by atoms with Crippen LogP contribution in [0.4, 0.5) is 0 Å². The molecule has 0 aliphatic carbocycles. The van der Waals surface area contributed by atoms with Crippen LogP contribution in [0.5, 0.6) is 0 Å². The summed E-state index contributed by atoms with van der Waals surface area (Å²) in [5.74, 6) is 0. The van der Waals surface area contributed by atoms with Crippen LogP contribution in [0.3, 0.4) is 0 Å². The summed E-state index contributed by atoms with van der Waals surface area (Å²) in [5.41, 5.74) is 3.39. The fourth-order valence-corrected chi connectivity index (χ4v) is 2.57. The number of pyridine rings is 1. The summed E-state index contributed by atoms with van der Waals surface area (Å²) in [6, 6.07) is 21.0. The van der Waals surface area contributed by atoms with E-state index in [1.165, 1.54) is 22.0 Å². The summed E-state index contributed by atoms with van der Waals surface area (Å²) in [4.78, 5) is 4.50. The normalized spacial score (nSPS) is 11.2. The van der Waals surface area contributed by atoms with Gasteiger partial charge in [0.2, 0.25) is 0 Å². The number of hydrogen-bond acceptors (Lipinski definition) is 1. The van der Waals surface area contributed by atoms with E-state index < -0.39 is 0 Å². The number of nitrogens with zero attached hydrogens (tertiary/aromatic N) is 2. The minimum Gasteiger partial charge on any atom is -0.299 e. The highest BCUT2D eigenvalue weighted by Crippen LogP contribution is 2.27. The lowest BCUT2D eigenvalue weighted by Crippen LogP contribution is -1.92. The van der Waals surface area contributed by atoms with Gasteiger partial charge in [-0.05, 0) is 17.0 Å². The maximum Gasteiger partial charge on any atom is 0.145 e. The SMILES string of the molecule is c1ccc(-c2cc3ccccc3c3nccn23)cc1. The molecule has 2 aromatic carbocycles. The molecule has 0 radical (unpaired) electrons. The Morgan fingerprint density at radius 1 is 0.842 bits per heavy atom. The lowest BCUT2D eigenvalue weighted by Gasteiger charge is -2.08. The van der Waals surface area contributed by atoms with E-state index in [0.717, 1.165) is 5.65 Å². The first-order valence-corrected chi connectivity index (χ1v) is 6.34. The summed E-state index contributed by atoms with van der Waals surface area (Å²) >= 11 is 0. The third-order valence-electron chi connectivity index (χ3n) is 3.46. The second-order valence-electron chi connectivity index (χ2n) is 4.60. The highest BCUT2D eigenvalue weighted by molar-refractivity contribution is 5.96. The van der Waals surface area contributed by atoms with Crippen molar-refractivity contribution in [1.29, 1.82) is 0 Å². The fraction of sp³-hybridized carbons (Fsp3) is 0. The Balaban J connectivity index is 2.17. The molecule has 2 heteroatoms. The van der Waals surface area contributed by atoms with Crippen LogP contribution in [-0.4, -0.2) is 9.38 Å². The third-order valence-corrected chi connectivity index (χ3v) is 3.46. The fourth-order valence-electron chi connectivity index (χ4n) is 2.57. The quantitative estimate of drug-likeness (QED) is 0.491. The van der Waals surface area contributed by atoms with Crippen LogP contribution in [-0.2, 0) is 0 Å². The molecule has 0 fully saturated rings. The molecule has 0 aliphatic rings. The molecule has 2 nitrogen and oxygen atoms in total. The monoisotopic (exact) mass is 244 g/mol. The first-order valence-electron chi connectivity index (χ1n) is 6.34. The first kappa shape index (κ1) is 10.3. The Labute approximate surface area is 111 Å². The number of aromatic nitrogens is 2. The van der Waals surface area contributed by atoms with E-state index >= 15 is 0 Å². The number of rotatable bonds is 1. The molecule has 0 unspecified atom stereocenters. The Hall–Kier alpha value is -2.61. The molecule has 4 rings (SSSR count). The standard InChI is InChI=1S/C17H12N2/c1-2-6-13(7-3-1)16-12-14-8-4-5-9-15(14)17-18-10-11-19(16)17/h1-12H.